The Morgan fingerprint density at radius 1 is 1.28 bits per heavy atom. The number of benzene rings is 1. The molecule has 1 heterocycles. The Kier molecular flexibility index (Phi) is 3.67. The number of aryl methyl sites for hydroxylation is 2. The molecule has 2 aromatic rings. The van der Waals surface area contributed by atoms with Crippen molar-refractivity contribution in [3.05, 3.63) is 41.2 Å². The molecule has 1 N–H and O–H groups in total. The summed E-state index contributed by atoms with van der Waals surface area (Å²) in [5.74, 6) is 1.73. The quantitative estimate of drug-likeness (QED) is 0.899. The first-order valence-electron chi connectivity index (χ1n) is 6.04. The van der Waals surface area contributed by atoms with E-state index in [9.17, 15) is 0 Å². The molecule has 0 saturated carbocycles. The minimum atomic E-state index is 0.786. The van der Waals surface area contributed by atoms with E-state index in [0.29, 0.717) is 0 Å². The van der Waals surface area contributed by atoms with Gasteiger partial charge in [-0.2, -0.15) is 5.10 Å². The first-order valence-corrected chi connectivity index (χ1v) is 6.04. The average Bonchev–Trinajstić information content (AvgIpc) is 2.59. The minimum absolute atomic E-state index is 0.786. The number of para-hydroxylation sites is 1. The second-order valence-electron chi connectivity index (χ2n) is 4.36. The van der Waals surface area contributed by atoms with E-state index in [1.807, 2.05) is 50.8 Å². The van der Waals surface area contributed by atoms with E-state index in [0.717, 1.165) is 35.0 Å². The van der Waals surface area contributed by atoms with E-state index in [4.69, 9.17) is 4.74 Å². The summed E-state index contributed by atoms with van der Waals surface area (Å²) in [6, 6.07) is 8.05. The lowest BCUT2D eigenvalue weighted by molar-refractivity contribution is 0.466. The van der Waals surface area contributed by atoms with Crippen LogP contribution in [-0.2, 0) is 13.6 Å². The Morgan fingerprint density at radius 3 is 2.61 bits per heavy atom. The molecule has 0 saturated heterocycles. The number of ether oxygens (including phenoxy) is 1. The third-order valence-electron chi connectivity index (χ3n) is 2.99. The number of rotatable bonds is 4. The molecule has 0 unspecified atom stereocenters. The highest BCUT2D eigenvalue weighted by Gasteiger charge is 2.13. The van der Waals surface area contributed by atoms with Crippen LogP contribution in [0.15, 0.2) is 24.3 Å². The molecule has 4 heteroatoms. The molecule has 2 rings (SSSR count). The molecule has 0 radical (unpaired) electrons. The third kappa shape index (κ3) is 2.38. The van der Waals surface area contributed by atoms with Crippen molar-refractivity contribution in [2.24, 2.45) is 7.05 Å². The summed E-state index contributed by atoms with van der Waals surface area (Å²) in [6.07, 6.45) is 0. The molecule has 0 bridgehead atoms. The lowest BCUT2D eigenvalue weighted by atomic mass is 10.2. The summed E-state index contributed by atoms with van der Waals surface area (Å²) in [6.45, 7) is 4.76. The number of nitrogens with one attached hydrogen (secondary N) is 1. The summed E-state index contributed by atoms with van der Waals surface area (Å²) < 4.78 is 7.86. The van der Waals surface area contributed by atoms with Crippen molar-refractivity contribution in [1.29, 1.82) is 0 Å². The molecule has 0 atom stereocenters. The number of aromatic nitrogens is 2. The van der Waals surface area contributed by atoms with E-state index >= 15 is 0 Å². The molecule has 96 valence electrons. The number of hydrogen-bond acceptors (Lipinski definition) is 3. The third-order valence-corrected chi connectivity index (χ3v) is 2.99. The lowest BCUT2D eigenvalue weighted by Gasteiger charge is -2.11. The summed E-state index contributed by atoms with van der Waals surface area (Å²) in [4.78, 5) is 0. The van der Waals surface area contributed by atoms with E-state index < -0.39 is 0 Å². The van der Waals surface area contributed by atoms with Gasteiger partial charge in [0, 0.05) is 19.2 Å². The summed E-state index contributed by atoms with van der Waals surface area (Å²) in [5, 5.41) is 7.50. The van der Waals surface area contributed by atoms with Crippen LogP contribution < -0.4 is 10.1 Å². The van der Waals surface area contributed by atoms with Gasteiger partial charge in [-0.15, -0.1) is 0 Å². The molecule has 1 aromatic carbocycles. The predicted molar refractivity (Wildman–Crippen MR) is 72.0 cm³/mol. The lowest BCUT2D eigenvalue weighted by Crippen LogP contribution is -2.06. The van der Waals surface area contributed by atoms with Crippen molar-refractivity contribution in [3.63, 3.8) is 0 Å². The largest absolute Gasteiger partial charge is 0.453 e. The number of nitrogens with zero attached hydrogens (tertiary/aromatic N) is 2. The van der Waals surface area contributed by atoms with Gasteiger partial charge in [0.15, 0.2) is 5.75 Å². The van der Waals surface area contributed by atoms with E-state index in [2.05, 4.69) is 16.5 Å². The Morgan fingerprint density at radius 2 is 2.00 bits per heavy atom. The molecule has 0 spiro atoms. The van der Waals surface area contributed by atoms with Crippen molar-refractivity contribution in [3.8, 4) is 11.5 Å². The molecule has 1 aromatic heterocycles. The fourth-order valence-electron chi connectivity index (χ4n) is 1.95. The van der Waals surface area contributed by atoms with Gasteiger partial charge in [-0.1, -0.05) is 18.2 Å². The minimum Gasteiger partial charge on any atom is -0.453 e. The van der Waals surface area contributed by atoms with E-state index in [1.54, 1.807) is 0 Å². The molecule has 18 heavy (non-hydrogen) atoms. The Bertz CT molecular complexity index is 546. The SMILES string of the molecule is CNCc1ccccc1Oc1c(C)nn(C)c1C. The zero-order valence-corrected chi connectivity index (χ0v) is 11.3. The fraction of sp³-hybridized carbons (Fsp3) is 0.357. The maximum atomic E-state index is 6.02. The van der Waals surface area contributed by atoms with Crippen LogP contribution in [0.4, 0.5) is 0 Å². The topological polar surface area (TPSA) is 39.1 Å². The van der Waals surface area contributed by atoms with Gasteiger partial charge in [0.2, 0.25) is 0 Å². The highest BCUT2D eigenvalue weighted by Crippen LogP contribution is 2.30. The van der Waals surface area contributed by atoms with Gasteiger partial charge in [0.1, 0.15) is 11.4 Å². The van der Waals surface area contributed by atoms with Gasteiger partial charge >= 0.3 is 0 Å². The average molecular weight is 245 g/mol. The van der Waals surface area contributed by atoms with Crippen LogP contribution in [0.3, 0.4) is 0 Å². The van der Waals surface area contributed by atoms with Crippen molar-refractivity contribution in [2.45, 2.75) is 20.4 Å². The van der Waals surface area contributed by atoms with Gasteiger partial charge in [-0.3, -0.25) is 4.68 Å². The van der Waals surface area contributed by atoms with Gasteiger partial charge in [0.05, 0.1) is 5.69 Å². The molecular weight excluding hydrogens is 226 g/mol. The Labute approximate surface area is 108 Å². The van der Waals surface area contributed by atoms with E-state index in [1.165, 1.54) is 0 Å². The van der Waals surface area contributed by atoms with Crippen LogP contribution in [0.5, 0.6) is 11.5 Å². The second-order valence-corrected chi connectivity index (χ2v) is 4.36. The summed E-state index contributed by atoms with van der Waals surface area (Å²) in [7, 11) is 3.85. The molecule has 0 fully saturated rings. The fourth-order valence-corrected chi connectivity index (χ4v) is 1.95. The maximum Gasteiger partial charge on any atom is 0.171 e. The number of hydrogen-bond donors (Lipinski definition) is 1. The smallest absolute Gasteiger partial charge is 0.171 e. The highest BCUT2D eigenvalue weighted by molar-refractivity contribution is 5.41. The molecule has 0 aliphatic carbocycles. The highest BCUT2D eigenvalue weighted by atomic mass is 16.5. The van der Waals surface area contributed by atoms with Crippen LogP contribution in [0.1, 0.15) is 17.0 Å². The Hall–Kier alpha value is -1.81. The van der Waals surface area contributed by atoms with Gasteiger partial charge in [-0.05, 0) is 27.0 Å². The van der Waals surface area contributed by atoms with Crippen LogP contribution in [0.25, 0.3) is 0 Å². The van der Waals surface area contributed by atoms with Crippen LogP contribution in [0.2, 0.25) is 0 Å². The first kappa shape index (κ1) is 12.6. The molecule has 0 aliphatic rings. The maximum absolute atomic E-state index is 6.02. The van der Waals surface area contributed by atoms with Crippen LogP contribution in [0, 0.1) is 13.8 Å². The van der Waals surface area contributed by atoms with E-state index in [-0.39, 0.29) is 0 Å². The Balaban J connectivity index is 2.34. The predicted octanol–water partition coefficient (Wildman–Crippen LogP) is 2.55. The molecular formula is C14H19N3O. The zero-order valence-electron chi connectivity index (χ0n) is 11.3. The first-order chi connectivity index (χ1) is 8.63. The van der Waals surface area contributed by atoms with Crippen molar-refractivity contribution in [2.75, 3.05) is 7.05 Å². The van der Waals surface area contributed by atoms with Crippen LogP contribution >= 0.6 is 0 Å². The summed E-state index contributed by atoms with van der Waals surface area (Å²) >= 11 is 0. The van der Waals surface area contributed by atoms with Gasteiger partial charge in [0.25, 0.3) is 0 Å². The molecule has 0 aliphatic heterocycles. The van der Waals surface area contributed by atoms with Crippen molar-refractivity contribution < 1.29 is 4.74 Å². The summed E-state index contributed by atoms with van der Waals surface area (Å²) in [5.41, 5.74) is 3.09. The van der Waals surface area contributed by atoms with Gasteiger partial charge < -0.3 is 10.1 Å². The standard InChI is InChI=1S/C14H19N3O/c1-10-14(11(2)17(4)16-10)18-13-8-6-5-7-12(13)9-15-3/h5-8,15H,9H2,1-4H3. The zero-order chi connectivity index (χ0) is 13.1. The molecule has 4 nitrogen and oxygen atoms in total. The normalized spacial score (nSPS) is 10.7. The molecule has 0 amide bonds. The second kappa shape index (κ2) is 5.23. The monoisotopic (exact) mass is 245 g/mol. The van der Waals surface area contributed by atoms with Crippen molar-refractivity contribution in [1.82, 2.24) is 15.1 Å². The van der Waals surface area contributed by atoms with Gasteiger partial charge in [-0.25, -0.2) is 0 Å². The van der Waals surface area contributed by atoms with Crippen LogP contribution in [-0.4, -0.2) is 16.8 Å². The van der Waals surface area contributed by atoms with Crippen molar-refractivity contribution >= 4 is 0 Å².